The minimum absolute atomic E-state index is 0. The topological polar surface area (TPSA) is 207 Å². The normalized spacial score (nSPS) is 30.0. The molecule has 0 spiro atoms. The number of unbranched alkanes of at least 4 members (excludes halogenated alkanes) is 4. The molecular formula is C59H86ClN2O13P. The molecule has 5 N–H and O–H groups in total. The van der Waals surface area contributed by atoms with Crippen LogP contribution in [0.2, 0.25) is 0 Å². The second-order valence-corrected chi connectivity index (χ2v) is 24.9. The first-order valence-electron chi connectivity index (χ1n) is 28.2. The van der Waals surface area contributed by atoms with E-state index in [1.165, 1.54) is 11.6 Å². The number of halogens is 1. The lowest BCUT2D eigenvalue weighted by molar-refractivity contribution is -0.919. The monoisotopic (exact) mass is 1100 g/mol. The molecule has 11 atom stereocenters. The summed E-state index contributed by atoms with van der Waals surface area (Å²) in [6, 6.07) is 14.4. The summed E-state index contributed by atoms with van der Waals surface area (Å²) in [7, 11) is -1.37. The molecule has 6 aliphatic rings. The third-order valence-corrected chi connectivity index (χ3v) is 18.8. The van der Waals surface area contributed by atoms with E-state index in [-0.39, 0.29) is 77.4 Å². The second kappa shape index (κ2) is 25.9. The lowest BCUT2D eigenvalue weighted by Gasteiger charge is -2.59. The van der Waals surface area contributed by atoms with Gasteiger partial charge in [0.05, 0.1) is 32.4 Å². The van der Waals surface area contributed by atoms with Crippen LogP contribution in [-0.2, 0) is 50.9 Å². The van der Waals surface area contributed by atoms with E-state index in [0.29, 0.717) is 30.5 Å². The van der Waals surface area contributed by atoms with Crippen LogP contribution >= 0.6 is 7.82 Å². The zero-order valence-electron chi connectivity index (χ0n) is 45.5. The molecule has 0 bridgehead atoms. The van der Waals surface area contributed by atoms with Crippen molar-refractivity contribution in [3.8, 4) is 5.75 Å². The molecule has 5 aliphatic carbocycles. The minimum atomic E-state index is -4.99. The molecule has 17 heteroatoms. The van der Waals surface area contributed by atoms with Crippen molar-refractivity contribution in [2.45, 2.75) is 173 Å². The standard InChI is InChI=1S/C59H85N2O13P.ClH/c1-6-48(61(4,5)38-43-33-42(24-27-51(43)74-75(67,68)69)50(64)37-60-30-16-7-8-17-31-70-32-18-15-21-40-19-11-9-12-20-40)55(66)71-39-52(65)59-53(72-56(73-59)41-22-13-10-14-23-41)35-47-46-26-25-44-34-45(62)28-29-57(44,2)54(46)49(63)36-58(47,59)3;/h9,11-12,19-20,24,27-29,33-34,41,46-50,53-54,56,60,63-64H,6-8,10,13-18,21-23,25-26,30-32,35-39H2,1-5H3,(H-,67,68,69);1H/t46?,47?,48?,49-,50?,53-,54?,56+,57-,58-,59+;/m0./s1. The predicted octanol–water partition coefficient (Wildman–Crippen LogP) is 5.80. The Morgan fingerprint density at radius 1 is 0.961 bits per heavy atom. The number of aliphatic hydroxyl groups is 2. The number of esters is 1. The number of carbonyl (C=O) groups excluding carboxylic acids is 3. The number of benzene rings is 2. The third kappa shape index (κ3) is 13.3. The number of allylic oxidation sites excluding steroid dienone is 4. The van der Waals surface area contributed by atoms with Crippen LogP contribution in [0, 0.1) is 34.5 Å². The summed E-state index contributed by atoms with van der Waals surface area (Å²) < 4.78 is 43.2. The van der Waals surface area contributed by atoms with E-state index in [2.05, 4.69) is 43.4 Å². The maximum absolute atomic E-state index is 15.3. The molecule has 5 fully saturated rings. The van der Waals surface area contributed by atoms with Gasteiger partial charge in [-0.25, -0.2) is 9.36 Å². The quantitative estimate of drug-likeness (QED) is 0.0327. The number of aryl methyl sites for hydroxylation is 1. The van der Waals surface area contributed by atoms with Crippen molar-refractivity contribution < 1.29 is 79.3 Å². The van der Waals surface area contributed by atoms with Crippen molar-refractivity contribution in [1.82, 2.24) is 5.32 Å². The maximum atomic E-state index is 15.3. The van der Waals surface area contributed by atoms with Crippen LogP contribution in [0.1, 0.15) is 146 Å². The Kier molecular flexibility index (Phi) is 20.5. The third-order valence-electron chi connectivity index (χ3n) is 18.4. The van der Waals surface area contributed by atoms with Gasteiger partial charge in [0.1, 0.15) is 12.3 Å². The van der Waals surface area contributed by atoms with Crippen LogP contribution in [0.25, 0.3) is 0 Å². The summed E-state index contributed by atoms with van der Waals surface area (Å²) >= 11 is 0. The number of phosphoric acid groups is 1. The molecule has 8 rings (SSSR count). The zero-order chi connectivity index (χ0) is 53.6. The predicted molar refractivity (Wildman–Crippen MR) is 284 cm³/mol. The summed E-state index contributed by atoms with van der Waals surface area (Å²) in [6.07, 6.45) is 17.4. The number of hydrogen-bond donors (Lipinski definition) is 5. The number of carbonyl (C=O) groups is 3. The molecule has 0 aromatic heterocycles. The molecule has 1 heterocycles. The van der Waals surface area contributed by atoms with Gasteiger partial charge in [0, 0.05) is 54.4 Å². The minimum Gasteiger partial charge on any atom is -1.00 e. The summed E-state index contributed by atoms with van der Waals surface area (Å²) in [5.74, 6) is -1.12. The summed E-state index contributed by atoms with van der Waals surface area (Å²) in [5, 5.41) is 26.9. The number of ether oxygens (including phenoxy) is 4. The van der Waals surface area contributed by atoms with Gasteiger partial charge in [-0.05, 0) is 124 Å². The number of nitrogens with zero attached hydrogens (tertiary/aromatic N) is 1. The molecule has 4 saturated carbocycles. The fourth-order valence-electron chi connectivity index (χ4n) is 14.6. The number of ketones is 2. The number of rotatable bonds is 26. The van der Waals surface area contributed by atoms with Gasteiger partial charge >= 0.3 is 13.8 Å². The number of nitrogens with one attached hydrogen (secondary N) is 1. The highest BCUT2D eigenvalue weighted by Crippen LogP contribution is 2.70. The molecule has 0 amide bonds. The smallest absolute Gasteiger partial charge is 0.524 e. The maximum Gasteiger partial charge on any atom is 0.524 e. The summed E-state index contributed by atoms with van der Waals surface area (Å²) in [4.78, 5) is 61.9. The van der Waals surface area contributed by atoms with E-state index in [9.17, 15) is 34.2 Å². The second-order valence-electron chi connectivity index (χ2n) is 23.7. The molecular weight excluding hydrogens is 1010 g/mol. The fraction of sp³-hybridized carbons (Fsp3) is 0.678. The van der Waals surface area contributed by atoms with Crippen LogP contribution in [0.4, 0.5) is 0 Å². The Labute approximate surface area is 457 Å². The molecule has 1 saturated heterocycles. The Balaban J connectivity index is 0.00000840. The van der Waals surface area contributed by atoms with Crippen LogP contribution in [0.5, 0.6) is 5.75 Å². The molecule has 422 valence electrons. The molecule has 15 nitrogen and oxygen atoms in total. The Morgan fingerprint density at radius 2 is 1.68 bits per heavy atom. The van der Waals surface area contributed by atoms with Gasteiger partial charge in [0.25, 0.3) is 0 Å². The molecule has 5 unspecified atom stereocenters. The van der Waals surface area contributed by atoms with Gasteiger partial charge in [-0.15, -0.1) is 0 Å². The average molecular weight is 1100 g/mol. The SMILES string of the molecule is CCC(C(=O)OCC(=O)[C@@]12O[C@H](C3CCCCC3)O[C@H]1CC1C3CCC4=CC(=O)C=C[C@]4(C)C3[C@@H](O)C[C@@]12C)[N+](C)(C)Cc1cc(C(O)CNCCCCCCOCCCCc2ccccc2)ccc1OP(=O)(O)O.[Cl-]. The van der Waals surface area contributed by atoms with Crippen LogP contribution in [0.15, 0.2) is 72.3 Å². The van der Waals surface area contributed by atoms with Gasteiger partial charge in [0.15, 0.2) is 30.3 Å². The summed E-state index contributed by atoms with van der Waals surface area (Å²) in [6.45, 7) is 8.04. The van der Waals surface area contributed by atoms with E-state index in [1.54, 1.807) is 24.3 Å². The van der Waals surface area contributed by atoms with Crippen molar-refractivity contribution in [1.29, 1.82) is 0 Å². The van der Waals surface area contributed by atoms with Crippen LogP contribution < -0.4 is 22.2 Å². The molecule has 2 aromatic carbocycles. The molecule has 0 radical (unpaired) electrons. The van der Waals surface area contributed by atoms with Gasteiger partial charge in [0.2, 0.25) is 5.78 Å². The highest BCUT2D eigenvalue weighted by molar-refractivity contribution is 7.46. The Bertz CT molecular complexity index is 2410. The van der Waals surface area contributed by atoms with Crippen molar-refractivity contribution in [3.05, 3.63) is 89.0 Å². The lowest BCUT2D eigenvalue weighted by Crippen LogP contribution is -3.00. The Hall–Kier alpha value is -3.31. The van der Waals surface area contributed by atoms with Gasteiger partial charge in [-0.3, -0.25) is 19.4 Å². The van der Waals surface area contributed by atoms with Crippen molar-refractivity contribution in [3.63, 3.8) is 0 Å². The van der Waals surface area contributed by atoms with Gasteiger partial charge < -0.3 is 55.9 Å². The highest BCUT2D eigenvalue weighted by Gasteiger charge is 2.76. The van der Waals surface area contributed by atoms with Crippen LogP contribution in [0.3, 0.4) is 0 Å². The van der Waals surface area contributed by atoms with Crippen LogP contribution in [-0.4, -0.2) is 119 Å². The number of fused-ring (bicyclic) bond motifs is 7. The number of quaternary nitrogens is 1. The largest absolute Gasteiger partial charge is 1.00 e. The first-order chi connectivity index (χ1) is 35.8. The summed E-state index contributed by atoms with van der Waals surface area (Å²) in [5.41, 5.74) is 0.509. The number of hydrogen-bond acceptors (Lipinski definition) is 12. The average Bonchev–Trinajstić information content (AvgIpc) is 4.10. The number of likely N-dealkylation sites (N-methyl/N-ethyl adjacent to an activating group) is 1. The zero-order valence-corrected chi connectivity index (χ0v) is 47.2. The molecule has 1 aliphatic heterocycles. The lowest BCUT2D eigenvalue weighted by atomic mass is 9.46. The van der Waals surface area contributed by atoms with E-state index in [0.717, 1.165) is 109 Å². The first-order valence-corrected chi connectivity index (χ1v) is 29.7. The number of Topliss-reactive ketones (excluding diaryl/α,β-unsaturated/α-hetero) is 1. The highest BCUT2D eigenvalue weighted by atomic mass is 35.5. The van der Waals surface area contributed by atoms with Crippen molar-refractivity contribution in [2.75, 3.05) is 47.0 Å². The van der Waals surface area contributed by atoms with Crippen molar-refractivity contribution in [2.24, 2.45) is 34.5 Å². The number of phosphoric ester groups is 1. The van der Waals surface area contributed by atoms with E-state index in [1.807, 2.05) is 33.2 Å². The fourth-order valence-corrected chi connectivity index (χ4v) is 15.1. The van der Waals surface area contributed by atoms with Gasteiger partial charge in [-0.1, -0.05) is 101 Å². The molecule has 2 aromatic rings. The molecule has 76 heavy (non-hydrogen) atoms. The van der Waals surface area contributed by atoms with E-state index in [4.69, 9.17) is 23.5 Å². The van der Waals surface area contributed by atoms with Gasteiger partial charge in [-0.2, -0.15) is 0 Å². The van der Waals surface area contributed by atoms with E-state index < -0.39 is 67.5 Å². The first kappa shape index (κ1) is 60.3. The Morgan fingerprint density at radius 3 is 2.41 bits per heavy atom. The van der Waals surface area contributed by atoms with Crippen molar-refractivity contribution >= 4 is 25.4 Å². The number of aliphatic hydroxyl groups excluding tert-OH is 2. The van der Waals surface area contributed by atoms with E-state index >= 15 is 4.79 Å².